The van der Waals surface area contributed by atoms with Crippen LogP contribution in [0.1, 0.15) is 113 Å². The van der Waals surface area contributed by atoms with E-state index in [9.17, 15) is 0 Å². The van der Waals surface area contributed by atoms with Gasteiger partial charge in [0, 0.05) is 19.9 Å². The van der Waals surface area contributed by atoms with Gasteiger partial charge in [-0.3, -0.25) is 0 Å². The highest BCUT2D eigenvalue weighted by atomic mass is 79.9. The van der Waals surface area contributed by atoms with Crippen molar-refractivity contribution in [3.05, 3.63) is 145 Å². The molecule has 7 rings (SSSR count). The molecule has 0 saturated heterocycles. The zero-order valence-electron chi connectivity index (χ0n) is 31.2. The number of fused-ring (bicyclic) bond motifs is 6. The van der Waals surface area contributed by atoms with Crippen molar-refractivity contribution in [2.75, 3.05) is 6.61 Å². The Balaban J connectivity index is 1.56. The van der Waals surface area contributed by atoms with E-state index in [1.54, 1.807) is 0 Å². The van der Waals surface area contributed by atoms with E-state index in [2.05, 4.69) is 177 Å². The molecule has 1 nitrogen and oxygen atoms in total. The molecular formula is C48H52Br2O. The van der Waals surface area contributed by atoms with Crippen LogP contribution in [0.5, 0.6) is 5.75 Å². The van der Waals surface area contributed by atoms with Crippen LogP contribution in [0.15, 0.2) is 112 Å². The maximum absolute atomic E-state index is 6.85. The second-order valence-electron chi connectivity index (χ2n) is 15.6. The summed E-state index contributed by atoms with van der Waals surface area (Å²) in [5, 5.41) is 0. The Labute approximate surface area is 323 Å². The topological polar surface area (TPSA) is 9.23 Å². The Morgan fingerprint density at radius 1 is 0.529 bits per heavy atom. The third kappa shape index (κ3) is 6.15. The highest BCUT2D eigenvalue weighted by Gasteiger charge is 2.50. The molecule has 2 aliphatic rings. The first-order chi connectivity index (χ1) is 24.7. The molecule has 3 unspecified atom stereocenters. The number of halogens is 2. The predicted molar refractivity (Wildman–Crippen MR) is 223 cm³/mol. The lowest BCUT2D eigenvalue weighted by Gasteiger charge is -2.39. The molecule has 0 N–H and O–H groups in total. The van der Waals surface area contributed by atoms with E-state index in [0.29, 0.717) is 24.4 Å². The second-order valence-corrected chi connectivity index (χ2v) is 17.4. The molecule has 264 valence electrons. The lowest BCUT2D eigenvalue weighted by atomic mass is 9.64. The van der Waals surface area contributed by atoms with Crippen molar-refractivity contribution in [3.8, 4) is 28.0 Å². The van der Waals surface area contributed by atoms with Gasteiger partial charge in [0.2, 0.25) is 0 Å². The fourth-order valence-electron chi connectivity index (χ4n) is 9.19. The van der Waals surface area contributed by atoms with E-state index in [1.807, 2.05) is 0 Å². The third-order valence-electron chi connectivity index (χ3n) is 12.4. The van der Waals surface area contributed by atoms with Gasteiger partial charge in [0.05, 0.1) is 12.0 Å². The van der Waals surface area contributed by atoms with Crippen LogP contribution in [0, 0.1) is 17.8 Å². The minimum absolute atomic E-state index is 0.0565. The van der Waals surface area contributed by atoms with Gasteiger partial charge in [-0.15, -0.1) is 0 Å². The van der Waals surface area contributed by atoms with E-state index in [-0.39, 0.29) is 5.41 Å². The Hall–Kier alpha value is -3.14. The maximum atomic E-state index is 6.85. The Morgan fingerprint density at radius 3 is 1.65 bits per heavy atom. The van der Waals surface area contributed by atoms with Crippen LogP contribution in [-0.4, -0.2) is 6.61 Å². The molecule has 0 saturated carbocycles. The van der Waals surface area contributed by atoms with Crippen molar-refractivity contribution in [1.82, 2.24) is 0 Å². The van der Waals surface area contributed by atoms with Crippen molar-refractivity contribution in [2.45, 2.75) is 90.9 Å². The van der Waals surface area contributed by atoms with E-state index >= 15 is 0 Å². The first-order valence-electron chi connectivity index (χ1n) is 19.2. The summed E-state index contributed by atoms with van der Waals surface area (Å²) in [6, 6.07) is 39.4. The minimum Gasteiger partial charge on any atom is -0.493 e. The van der Waals surface area contributed by atoms with Gasteiger partial charge in [0.15, 0.2) is 0 Å². The molecule has 0 bridgehead atoms. The molecule has 3 heteroatoms. The zero-order valence-corrected chi connectivity index (χ0v) is 34.3. The average molecular weight is 805 g/mol. The SMILES string of the molecule is CCC(C)CCOc1ccccc1C1(c2ccc3c(c2)C(CC(C)CC)(CC(C)CC)c2ccccc2-3)c2cc(Br)ccc2-c2ccc(Br)cc21. The van der Waals surface area contributed by atoms with Crippen LogP contribution < -0.4 is 4.74 Å². The number of hydrogen-bond donors (Lipinski definition) is 0. The lowest BCUT2D eigenvalue weighted by molar-refractivity contribution is 0.277. The molecule has 2 aliphatic carbocycles. The van der Waals surface area contributed by atoms with Gasteiger partial charge >= 0.3 is 0 Å². The molecule has 0 amide bonds. The van der Waals surface area contributed by atoms with Crippen molar-refractivity contribution in [1.29, 1.82) is 0 Å². The first kappa shape index (κ1) is 36.2. The maximum Gasteiger partial charge on any atom is 0.124 e. The molecule has 0 spiro atoms. The summed E-state index contributed by atoms with van der Waals surface area (Å²) in [4.78, 5) is 0. The molecule has 3 atom stereocenters. The highest BCUT2D eigenvalue weighted by Crippen LogP contribution is 2.61. The zero-order chi connectivity index (χ0) is 35.9. The van der Waals surface area contributed by atoms with Gasteiger partial charge in [0.1, 0.15) is 5.75 Å². The quantitative estimate of drug-likeness (QED) is 0.113. The minimum atomic E-state index is -0.590. The summed E-state index contributed by atoms with van der Waals surface area (Å²) >= 11 is 7.84. The standard InChI is InChI=1S/C48H52Br2O/c1-7-31(4)24-25-51-46-17-13-12-16-42(46)48(44-27-35(49)19-22-39(44)40-23-20-36(50)28-45(40)48)34-18-21-38-37-14-10-11-15-41(37)47(43(38)26-34,29-32(5)8-2)30-33(6)9-3/h10-23,26-28,31-33H,7-9,24-25,29-30H2,1-6H3. The Bertz CT molecular complexity index is 1980. The van der Waals surface area contributed by atoms with Crippen molar-refractivity contribution < 1.29 is 4.74 Å². The van der Waals surface area contributed by atoms with Crippen LogP contribution in [0.25, 0.3) is 22.3 Å². The van der Waals surface area contributed by atoms with Crippen LogP contribution in [0.2, 0.25) is 0 Å². The largest absolute Gasteiger partial charge is 0.493 e. The van der Waals surface area contributed by atoms with Crippen molar-refractivity contribution in [2.24, 2.45) is 17.8 Å². The fourth-order valence-corrected chi connectivity index (χ4v) is 9.91. The third-order valence-corrected chi connectivity index (χ3v) is 13.4. The van der Waals surface area contributed by atoms with E-state index in [1.165, 1.54) is 68.5 Å². The normalized spacial score (nSPS) is 18.4. The van der Waals surface area contributed by atoms with E-state index in [4.69, 9.17) is 4.74 Å². The molecule has 0 fully saturated rings. The number of para-hydroxylation sites is 1. The Kier molecular flexibility index (Phi) is 10.4. The van der Waals surface area contributed by atoms with Gasteiger partial charge in [-0.2, -0.15) is 0 Å². The summed E-state index contributed by atoms with van der Waals surface area (Å²) in [6.07, 6.45) is 6.83. The number of ether oxygens (including phenoxy) is 1. The average Bonchev–Trinajstić information content (AvgIpc) is 3.57. The second kappa shape index (κ2) is 14.7. The summed E-state index contributed by atoms with van der Waals surface area (Å²) < 4.78 is 9.03. The van der Waals surface area contributed by atoms with Gasteiger partial charge in [-0.05, 0) is 117 Å². The van der Waals surface area contributed by atoms with Gasteiger partial charge in [-0.1, -0.05) is 165 Å². The van der Waals surface area contributed by atoms with Gasteiger partial charge in [-0.25, -0.2) is 0 Å². The summed E-state index contributed by atoms with van der Waals surface area (Å²) in [6.45, 7) is 14.9. The van der Waals surface area contributed by atoms with Gasteiger partial charge < -0.3 is 4.74 Å². The smallest absolute Gasteiger partial charge is 0.124 e. The van der Waals surface area contributed by atoms with Crippen molar-refractivity contribution >= 4 is 31.9 Å². The van der Waals surface area contributed by atoms with E-state index in [0.717, 1.165) is 40.4 Å². The molecule has 0 aliphatic heterocycles. The predicted octanol–water partition coefficient (Wildman–Crippen LogP) is 14.5. The van der Waals surface area contributed by atoms with Gasteiger partial charge in [0.25, 0.3) is 0 Å². The summed E-state index contributed by atoms with van der Waals surface area (Å²) in [5.41, 5.74) is 12.8. The van der Waals surface area contributed by atoms with Crippen LogP contribution in [0.4, 0.5) is 0 Å². The van der Waals surface area contributed by atoms with Crippen LogP contribution >= 0.6 is 31.9 Å². The Morgan fingerprint density at radius 2 is 1.04 bits per heavy atom. The number of hydrogen-bond acceptors (Lipinski definition) is 1. The van der Waals surface area contributed by atoms with Crippen LogP contribution in [0.3, 0.4) is 0 Å². The summed E-state index contributed by atoms with van der Waals surface area (Å²) in [5.74, 6) is 2.79. The molecule has 51 heavy (non-hydrogen) atoms. The molecule has 5 aromatic carbocycles. The monoisotopic (exact) mass is 802 g/mol. The lowest BCUT2D eigenvalue weighted by Crippen LogP contribution is -2.32. The number of benzene rings is 5. The molecule has 5 aromatic rings. The fraction of sp³-hybridized carbons (Fsp3) is 0.375. The summed E-state index contributed by atoms with van der Waals surface area (Å²) in [7, 11) is 0. The van der Waals surface area contributed by atoms with Crippen LogP contribution in [-0.2, 0) is 10.8 Å². The molecule has 0 radical (unpaired) electrons. The molecule has 0 heterocycles. The molecule has 0 aromatic heterocycles. The highest BCUT2D eigenvalue weighted by molar-refractivity contribution is 9.10. The first-order valence-corrected chi connectivity index (χ1v) is 20.8. The number of rotatable bonds is 13. The van der Waals surface area contributed by atoms with E-state index < -0.39 is 5.41 Å². The molecular weight excluding hydrogens is 752 g/mol. The van der Waals surface area contributed by atoms with Crippen molar-refractivity contribution in [3.63, 3.8) is 0 Å².